The Hall–Kier alpha value is -2.42. The van der Waals surface area contributed by atoms with Crippen LogP contribution < -0.4 is 0 Å². The molecule has 1 unspecified atom stereocenters. The molecule has 8 heteroatoms. The first-order valence-electron chi connectivity index (χ1n) is 10.4. The van der Waals surface area contributed by atoms with E-state index >= 15 is 0 Å². The van der Waals surface area contributed by atoms with Crippen molar-refractivity contribution in [3.05, 3.63) is 28.8 Å². The molecule has 0 radical (unpaired) electrons. The summed E-state index contributed by atoms with van der Waals surface area (Å²) < 4.78 is 0. The average molecular weight is 431 g/mol. The van der Waals surface area contributed by atoms with E-state index in [1.165, 1.54) is 13.0 Å². The van der Waals surface area contributed by atoms with Crippen LogP contribution in [0, 0.1) is 24.7 Å². The van der Waals surface area contributed by atoms with Crippen molar-refractivity contribution in [2.24, 2.45) is 17.8 Å². The molecular weight excluding hydrogens is 402 g/mol. The second-order valence-electron chi connectivity index (χ2n) is 9.05. The molecule has 3 rings (SSSR count). The Morgan fingerprint density at radius 3 is 2.45 bits per heavy atom. The third kappa shape index (κ3) is 3.62. The summed E-state index contributed by atoms with van der Waals surface area (Å²) in [6, 6.07) is 2.36. The van der Waals surface area contributed by atoms with E-state index in [0.717, 1.165) is 5.56 Å². The minimum absolute atomic E-state index is 0.0562. The van der Waals surface area contributed by atoms with Crippen LogP contribution in [0.5, 0.6) is 5.75 Å². The number of aliphatic hydroxyl groups is 2. The minimum Gasteiger partial charge on any atom is -0.507 e. The fourth-order valence-corrected chi connectivity index (χ4v) is 5.29. The van der Waals surface area contributed by atoms with E-state index in [-0.39, 0.29) is 17.7 Å². The molecule has 5 atom stereocenters. The van der Waals surface area contributed by atoms with Crippen LogP contribution in [0.4, 0.5) is 0 Å². The van der Waals surface area contributed by atoms with Crippen LogP contribution in [-0.2, 0) is 20.8 Å². The van der Waals surface area contributed by atoms with Gasteiger partial charge < -0.3 is 20.2 Å². The average Bonchev–Trinajstić information content (AvgIpc) is 2.67. The third-order valence-electron chi connectivity index (χ3n) is 6.89. The Morgan fingerprint density at radius 2 is 1.90 bits per heavy atom. The zero-order chi connectivity index (χ0) is 23.2. The van der Waals surface area contributed by atoms with Gasteiger partial charge in [0.1, 0.15) is 11.5 Å². The number of hydrogen-bond acceptors (Lipinski definition) is 8. The zero-order valence-corrected chi connectivity index (χ0v) is 18.2. The molecule has 168 valence electrons. The highest BCUT2D eigenvalue weighted by Crippen LogP contribution is 2.48. The van der Waals surface area contributed by atoms with Crippen LogP contribution in [0.15, 0.2) is 12.1 Å². The van der Waals surface area contributed by atoms with Crippen molar-refractivity contribution in [3.63, 3.8) is 0 Å². The second kappa shape index (κ2) is 8.26. The highest BCUT2D eigenvalue weighted by molar-refractivity contribution is 6.24. The summed E-state index contributed by atoms with van der Waals surface area (Å²) in [4.78, 5) is 53.1. The summed E-state index contributed by atoms with van der Waals surface area (Å²) in [6.07, 6.45) is -0.173. The predicted octanol–water partition coefficient (Wildman–Crippen LogP) is 0.463. The van der Waals surface area contributed by atoms with E-state index in [0.29, 0.717) is 12.0 Å². The summed E-state index contributed by atoms with van der Waals surface area (Å²) >= 11 is 0. The monoisotopic (exact) mass is 431 g/mol. The number of ketones is 4. The number of phenolic OH excluding ortho intramolecular Hbond substituents is 1. The van der Waals surface area contributed by atoms with Gasteiger partial charge in [0.2, 0.25) is 0 Å². The number of aromatic hydroxyl groups is 1. The van der Waals surface area contributed by atoms with E-state index in [9.17, 15) is 34.5 Å². The molecule has 2 aliphatic carbocycles. The Labute approximate surface area is 180 Å². The van der Waals surface area contributed by atoms with Crippen LogP contribution in [0.1, 0.15) is 41.3 Å². The maximum Gasteiger partial charge on any atom is 0.186 e. The second-order valence-corrected chi connectivity index (χ2v) is 9.05. The van der Waals surface area contributed by atoms with Gasteiger partial charge in [0.25, 0.3) is 0 Å². The number of nitrogens with zero attached hydrogens (tertiary/aromatic N) is 1. The van der Waals surface area contributed by atoms with Gasteiger partial charge in [-0.05, 0) is 63.9 Å². The molecule has 1 saturated carbocycles. The van der Waals surface area contributed by atoms with E-state index in [2.05, 4.69) is 0 Å². The molecule has 0 amide bonds. The van der Waals surface area contributed by atoms with E-state index in [1.807, 2.05) is 6.92 Å². The molecule has 1 aromatic carbocycles. The number of carbonyl (C=O) groups excluding carboxylic acids is 4. The van der Waals surface area contributed by atoms with E-state index < -0.39 is 65.6 Å². The highest BCUT2D eigenvalue weighted by Gasteiger charge is 2.62. The molecule has 0 saturated heterocycles. The lowest BCUT2D eigenvalue weighted by molar-refractivity contribution is -0.171. The van der Waals surface area contributed by atoms with Crippen LogP contribution in [0.2, 0.25) is 0 Å². The standard InChI is InChI=1S/C23H29NO7/c1-11-5-6-17(27)20-14(11)8-13-9-15(16(10-25)24(3)4)23(31,18(28)7-12(2)26)22(30)19(13)21(20)29/h5-6,13,15-16,19,25,27,31H,7-10H2,1-4H3/t13-,15-,16+,19?,23+/m0/s1. The van der Waals surface area contributed by atoms with Gasteiger partial charge >= 0.3 is 0 Å². The van der Waals surface area contributed by atoms with Crippen LogP contribution in [0.3, 0.4) is 0 Å². The maximum absolute atomic E-state index is 13.6. The SMILES string of the molecule is CC(=O)CC(=O)[C@@]1(O)C(=O)C2C(=O)c3c(O)ccc(C)c3C[C@H]2C[C@H]1[C@@H](CO)N(C)C. The van der Waals surface area contributed by atoms with Gasteiger partial charge in [0.15, 0.2) is 23.0 Å². The number of benzene rings is 1. The number of Topliss-reactive ketones (excluding diaryl/α,β-unsaturated/α-hetero) is 4. The number of aliphatic hydroxyl groups excluding tert-OH is 1. The van der Waals surface area contributed by atoms with Crippen LogP contribution >= 0.6 is 0 Å². The molecule has 0 aliphatic heterocycles. The van der Waals surface area contributed by atoms with Crippen LogP contribution in [0.25, 0.3) is 0 Å². The number of hydrogen-bond donors (Lipinski definition) is 3. The fourth-order valence-electron chi connectivity index (χ4n) is 5.29. The lowest BCUT2D eigenvalue weighted by Gasteiger charge is -2.49. The molecule has 8 nitrogen and oxygen atoms in total. The van der Waals surface area contributed by atoms with E-state index in [1.54, 1.807) is 25.1 Å². The van der Waals surface area contributed by atoms with Crippen molar-refractivity contribution in [1.29, 1.82) is 0 Å². The smallest absolute Gasteiger partial charge is 0.186 e. The fraction of sp³-hybridized carbons (Fsp3) is 0.565. The first-order valence-corrected chi connectivity index (χ1v) is 10.4. The normalized spacial score (nSPS) is 28.8. The number of phenols is 1. The number of aryl methyl sites for hydroxylation is 1. The molecule has 1 aromatic rings. The Morgan fingerprint density at radius 1 is 1.26 bits per heavy atom. The van der Waals surface area contributed by atoms with Gasteiger partial charge in [0.05, 0.1) is 24.5 Å². The largest absolute Gasteiger partial charge is 0.507 e. The summed E-state index contributed by atoms with van der Waals surface area (Å²) in [7, 11) is 3.33. The van der Waals surface area contributed by atoms with Crippen molar-refractivity contribution < 1.29 is 34.5 Å². The lowest BCUT2D eigenvalue weighted by Crippen LogP contribution is -2.67. The first kappa shape index (κ1) is 23.2. The molecular formula is C23H29NO7. The van der Waals surface area contributed by atoms with Gasteiger partial charge in [-0.15, -0.1) is 0 Å². The molecule has 0 aromatic heterocycles. The van der Waals surface area contributed by atoms with Gasteiger partial charge in [-0.25, -0.2) is 0 Å². The predicted molar refractivity (Wildman–Crippen MR) is 111 cm³/mol. The molecule has 1 fully saturated rings. The summed E-state index contributed by atoms with van der Waals surface area (Å²) in [5.74, 6) is -6.03. The van der Waals surface area contributed by atoms with E-state index in [4.69, 9.17) is 0 Å². The molecule has 0 bridgehead atoms. The molecule has 0 spiro atoms. The van der Waals surface area contributed by atoms with Crippen molar-refractivity contribution in [1.82, 2.24) is 4.90 Å². The molecule has 31 heavy (non-hydrogen) atoms. The summed E-state index contributed by atoms with van der Waals surface area (Å²) in [6.45, 7) is 2.59. The van der Waals surface area contributed by atoms with Crippen molar-refractivity contribution in [3.8, 4) is 5.75 Å². The van der Waals surface area contributed by atoms with Gasteiger partial charge in [-0.1, -0.05) is 6.07 Å². The first-order chi connectivity index (χ1) is 14.4. The zero-order valence-electron chi connectivity index (χ0n) is 18.2. The number of fused-ring (bicyclic) bond motifs is 2. The van der Waals surface area contributed by atoms with Gasteiger partial charge in [-0.2, -0.15) is 0 Å². The van der Waals surface area contributed by atoms with Gasteiger partial charge in [0, 0.05) is 12.0 Å². The number of likely N-dealkylation sites (N-methyl/N-ethyl adjacent to an activating group) is 1. The Balaban J connectivity index is 2.16. The quantitative estimate of drug-likeness (QED) is 0.554. The molecule has 3 N–H and O–H groups in total. The molecule has 0 heterocycles. The van der Waals surface area contributed by atoms with Crippen LogP contribution in [-0.4, -0.2) is 75.7 Å². The van der Waals surface area contributed by atoms with Crippen molar-refractivity contribution in [2.45, 2.75) is 44.8 Å². The minimum atomic E-state index is -2.57. The summed E-state index contributed by atoms with van der Waals surface area (Å²) in [5.41, 5.74) is -1.05. The number of rotatable bonds is 6. The maximum atomic E-state index is 13.6. The molecule has 2 aliphatic rings. The highest BCUT2D eigenvalue weighted by atomic mass is 16.3. The lowest BCUT2D eigenvalue weighted by atomic mass is 9.56. The number of carbonyl (C=O) groups is 4. The van der Waals surface area contributed by atoms with Gasteiger partial charge in [-0.3, -0.25) is 19.2 Å². The van der Waals surface area contributed by atoms with Crippen molar-refractivity contribution in [2.75, 3.05) is 20.7 Å². The topological polar surface area (TPSA) is 132 Å². The summed E-state index contributed by atoms with van der Waals surface area (Å²) in [5, 5.41) is 31.8. The Bertz CT molecular complexity index is 953. The van der Waals surface area contributed by atoms with Crippen molar-refractivity contribution >= 4 is 23.1 Å². The Kier molecular flexibility index (Phi) is 6.19. The third-order valence-corrected chi connectivity index (χ3v) is 6.89.